The summed E-state index contributed by atoms with van der Waals surface area (Å²) in [5.74, 6) is 0.844. The molecule has 1 saturated carbocycles. The number of nitrogens with zero attached hydrogens (tertiary/aromatic N) is 2. The number of aryl methyl sites for hydroxylation is 1. The first kappa shape index (κ1) is 11.1. The number of amides is 1. The van der Waals surface area contributed by atoms with Crippen molar-refractivity contribution in [3.05, 3.63) is 41.6 Å². The third kappa shape index (κ3) is 2.03. The lowest BCUT2D eigenvalue weighted by Gasteiger charge is -2.20. The highest BCUT2D eigenvalue weighted by Gasteiger charge is 2.34. The normalized spacial score (nSPS) is 14.7. The van der Waals surface area contributed by atoms with Crippen LogP contribution in [0.1, 0.15) is 34.7 Å². The molecule has 0 radical (unpaired) electrons. The number of nitrogens with one attached hydrogen (secondary N) is 1. The van der Waals surface area contributed by atoms with Crippen LogP contribution in [0.4, 0.5) is 0 Å². The molecule has 0 spiro atoms. The van der Waals surface area contributed by atoms with Gasteiger partial charge in [0.05, 0.1) is 24.6 Å². The van der Waals surface area contributed by atoms with E-state index in [2.05, 4.69) is 10.2 Å². The van der Waals surface area contributed by atoms with Gasteiger partial charge < -0.3 is 9.32 Å². The topological polar surface area (TPSA) is 62.1 Å². The van der Waals surface area contributed by atoms with Gasteiger partial charge in [-0.2, -0.15) is 5.10 Å². The largest absolute Gasteiger partial charge is 0.467 e. The van der Waals surface area contributed by atoms with Crippen LogP contribution < -0.4 is 0 Å². The lowest BCUT2D eigenvalue weighted by Crippen LogP contribution is -2.32. The summed E-state index contributed by atoms with van der Waals surface area (Å²) in [7, 11) is 0. The predicted octanol–water partition coefficient (Wildman–Crippen LogP) is 2.12. The fraction of sp³-hybridized carbons (Fsp3) is 0.385. The Balaban J connectivity index is 1.82. The lowest BCUT2D eigenvalue weighted by atomic mass is 10.2. The zero-order valence-electron chi connectivity index (χ0n) is 10.2. The Hall–Kier alpha value is -2.04. The molecule has 0 aromatic carbocycles. The van der Waals surface area contributed by atoms with Gasteiger partial charge in [0.1, 0.15) is 5.76 Å². The van der Waals surface area contributed by atoms with Crippen LogP contribution in [0, 0.1) is 6.92 Å². The third-order valence-electron chi connectivity index (χ3n) is 3.22. The van der Waals surface area contributed by atoms with Gasteiger partial charge >= 0.3 is 0 Å². The monoisotopic (exact) mass is 245 g/mol. The molecule has 94 valence electrons. The number of aromatic nitrogens is 2. The lowest BCUT2D eigenvalue weighted by molar-refractivity contribution is 0.0717. The maximum atomic E-state index is 12.5. The third-order valence-corrected chi connectivity index (χ3v) is 3.22. The van der Waals surface area contributed by atoms with Crippen LogP contribution in [0.15, 0.2) is 29.0 Å². The highest BCUT2D eigenvalue weighted by molar-refractivity contribution is 5.95. The molecule has 0 bridgehead atoms. The second-order valence-corrected chi connectivity index (χ2v) is 4.65. The van der Waals surface area contributed by atoms with E-state index in [-0.39, 0.29) is 5.91 Å². The van der Waals surface area contributed by atoms with Crippen molar-refractivity contribution < 1.29 is 9.21 Å². The minimum atomic E-state index is 0.0279. The molecule has 2 aromatic rings. The smallest absolute Gasteiger partial charge is 0.257 e. The minimum absolute atomic E-state index is 0.0279. The summed E-state index contributed by atoms with van der Waals surface area (Å²) in [6.07, 6.45) is 5.37. The van der Waals surface area contributed by atoms with Crippen molar-refractivity contribution >= 4 is 5.91 Å². The molecule has 0 unspecified atom stereocenters. The van der Waals surface area contributed by atoms with Crippen molar-refractivity contribution in [1.82, 2.24) is 15.1 Å². The zero-order chi connectivity index (χ0) is 12.5. The van der Waals surface area contributed by atoms with Gasteiger partial charge in [-0.1, -0.05) is 0 Å². The Kier molecular flexibility index (Phi) is 2.66. The van der Waals surface area contributed by atoms with E-state index < -0.39 is 0 Å². The van der Waals surface area contributed by atoms with E-state index in [1.165, 1.54) is 0 Å². The number of rotatable bonds is 4. The fourth-order valence-electron chi connectivity index (χ4n) is 2.04. The molecule has 1 amide bonds. The Labute approximate surface area is 105 Å². The van der Waals surface area contributed by atoms with Gasteiger partial charge in [-0.05, 0) is 31.9 Å². The molecule has 0 aliphatic heterocycles. The Morgan fingerprint density at radius 3 is 3.00 bits per heavy atom. The van der Waals surface area contributed by atoms with Crippen molar-refractivity contribution in [1.29, 1.82) is 0 Å². The Bertz CT molecular complexity index is 540. The van der Waals surface area contributed by atoms with Crippen molar-refractivity contribution in [2.24, 2.45) is 0 Å². The summed E-state index contributed by atoms with van der Waals surface area (Å²) < 4.78 is 5.32. The fourth-order valence-corrected chi connectivity index (χ4v) is 2.04. The molecule has 0 saturated heterocycles. The maximum Gasteiger partial charge on any atom is 0.257 e. The molecule has 3 rings (SSSR count). The summed E-state index contributed by atoms with van der Waals surface area (Å²) in [6, 6.07) is 4.08. The van der Waals surface area contributed by atoms with E-state index in [1.807, 2.05) is 24.0 Å². The molecule has 1 aliphatic carbocycles. The number of furan rings is 1. The molecule has 1 N–H and O–H groups in total. The first-order chi connectivity index (χ1) is 8.75. The van der Waals surface area contributed by atoms with Crippen molar-refractivity contribution in [2.75, 3.05) is 0 Å². The number of carbonyl (C=O) groups is 1. The molecular weight excluding hydrogens is 230 g/mol. The van der Waals surface area contributed by atoms with E-state index in [0.717, 1.165) is 24.3 Å². The van der Waals surface area contributed by atoms with Gasteiger partial charge in [0, 0.05) is 11.7 Å². The highest BCUT2D eigenvalue weighted by atomic mass is 16.3. The maximum absolute atomic E-state index is 12.5. The molecule has 2 aromatic heterocycles. The van der Waals surface area contributed by atoms with Crippen LogP contribution >= 0.6 is 0 Å². The summed E-state index contributed by atoms with van der Waals surface area (Å²) in [5.41, 5.74) is 1.46. The van der Waals surface area contributed by atoms with E-state index >= 15 is 0 Å². The van der Waals surface area contributed by atoms with Crippen LogP contribution in [0.5, 0.6) is 0 Å². The van der Waals surface area contributed by atoms with Gasteiger partial charge in [0.2, 0.25) is 0 Å². The Morgan fingerprint density at radius 2 is 2.44 bits per heavy atom. The molecule has 1 fully saturated rings. The van der Waals surface area contributed by atoms with Gasteiger partial charge in [-0.3, -0.25) is 9.89 Å². The number of aromatic amines is 1. The molecule has 18 heavy (non-hydrogen) atoms. The second-order valence-electron chi connectivity index (χ2n) is 4.65. The predicted molar refractivity (Wildman–Crippen MR) is 64.9 cm³/mol. The molecular formula is C13H15N3O2. The van der Waals surface area contributed by atoms with Crippen molar-refractivity contribution in [3.8, 4) is 0 Å². The summed E-state index contributed by atoms with van der Waals surface area (Å²) >= 11 is 0. The molecule has 2 heterocycles. The van der Waals surface area contributed by atoms with Gasteiger partial charge in [-0.15, -0.1) is 0 Å². The highest BCUT2D eigenvalue weighted by Crippen LogP contribution is 2.30. The number of hydrogen-bond acceptors (Lipinski definition) is 3. The van der Waals surface area contributed by atoms with Crippen LogP contribution in [0.25, 0.3) is 0 Å². The Morgan fingerprint density at radius 1 is 1.61 bits per heavy atom. The summed E-state index contributed by atoms with van der Waals surface area (Å²) in [4.78, 5) is 14.3. The van der Waals surface area contributed by atoms with Gasteiger partial charge in [0.15, 0.2) is 0 Å². The molecule has 1 aliphatic rings. The van der Waals surface area contributed by atoms with Crippen LogP contribution in [-0.4, -0.2) is 27.0 Å². The van der Waals surface area contributed by atoms with E-state index in [0.29, 0.717) is 18.2 Å². The number of carbonyl (C=O) groups excluding carboxylic acids is 1. The van der Waals surface area contributed by atoms with E-state index in [9.17, 15) is 4.79 Å². The standard InChI is InChI=1S/C13H15N3O2/c1-9-12(7-14-15-9)13(17)16(10-4-5-10)8-11-3-2-6-18-11/h2-3,6-7,10H,4-5,8H2,1H3,(H,14,15). The van der Waals surface area contributed by atoms with Gasteiger partial charge in [-0.25, -0.2) is 0 Å². The second kappa shape index (κ2) is 4.33. The number of H-pyrrole nitrogens is 1. The number of hydrogen-bond donors (Lipinski definition) is 1. The summed E-state index contributed by atoms with van der Waals surface area (Å²) in [6.45, 7) is 2.39. The van der Waals surface area contributed by atoms with E-state index in [1.54, 1.807) is 12.5 Å². The molecule has 5 heteroatoms. The van der Waals surface area contributed by atoms with Crippen molar-refractivity contribution in [2.45, 2.75) is 32.4 Å². The average molecular weight is 245 g/mol. The molecule has 0 atom stereocenters. The molecule has 5 nitrogen and oxygen atoms in total. The first-order valence-electron chi connectivity index (χ1n) is 6.09. The van der Waals surface area contributed by atoms with Crippen LogP contribution in [0.2, 0.25) is 0 Å². The SMILES string of the molecule is Cc1[nH]ncc1C(=O)N(Cc1ccco1)C1CC1. The average Bonchev–Trinajstić information content (AvgIpc) is 2.89. The zero-order valence-corrected chi connectivity index (χ0v) is 10.2. The van der Waals surface area contributed by atoms with Crippen LogP contribution in [0.3, 0.4) is 0 Å². The quantitative estimate of drug-likeness (QED) is 0.897. The summed E-state index contributed by atoms with van der Waals surface area (Å²) in [5, 5.41) is 6.71. The van der Waals surface area contributed by atoms with Crippen molar-refractivity contribution in [3.63, 3.8) is 0 Å². The first-order valence-corrected chi connectivity index (χ1v) is 6.09. The minimum Gasteiger partial charge on any atom is -0.467 e. The van der Waals surface area contributed by atoms with Crippen LogP contribution in [-0.2, 0) is 6.54 Å². The van der Waals surface area contributed by atoms with Gasteiger partial charge in [0.25, 0.3) is 5.91 Å². The van der Waals surface area contributed by atoms with E-state index in [4.69, 9.17) is 4.42 Å².